The number of H-pyrrole nitrogens is 1. The predicted octanol–water partition coefficient (Wildman–Crippen LogP) is 3.62. The van der Waals surface area contributed by atoms with Crippen LogP contribution in [-0.4, -0.2) is 46.0 Å². The van der Waals surface area contributed by atoms with E-state index in [4.69, 9.17) is 4.74 Å². The Morgan fingerprint density at radius 2 is 1.97 bits per heavy atom. The van der Waals surface area contributed by atoms with Crippen LogP contribution in [0.4, 0.5) is 5.13 Å². The SMILES string of the molecule is COc1ccc(Cc2nc(C(=O)Nc3nc(C)c(CN4CCC(C)CC4)s3)cc(=O)[nH]2)cc1. The monoisotopic (exact) mass is 467 g/mol. The molecule has 0 unspecified atom stereocenters. The number of anilines is 1. The highest BCUT2D eigenvalue weighted by Crippen LogP contribution is 2.26. The first kappa shape index (κ1) is 23.1. The van der Waals surface area contributed by atoms with Crippen LogP contribution >= 0.6 is 11.3 Å². The Morgan fingerprint density at radius 3 is 2.67 bits per heavy atom. The van der Waals surface area contributed by atoms with E-state index < -0.39 is 5.91 Å². The molecule has 33 heavy (non-hydrogen) atoms. The van der Waals surface area contributed by atoms with Crippen molar-refractivity contribution >= 4 is 22.4 Å². The Kier molecular flexibility index (Phi) is 7.20. The van der Waals surface area contributed by atoms with Crippen molar-refractivity contribution < 1.29 is 9.53 Å². The van der Waals surface area contributed by atoms with Crippen molar-refractivity contribution in [2.45, 2.75) is 39.7 Å². The summed E-state index contributed by atoms with van der Waals surface area (Å²) in [6, 6.07) is 8.69. The van der Waals surface area contributed by atoms with Gasteiger partial charge in [0.05, 0.1) is 12.8 Å². The maximum Gasteiger partial charge on any atom is 0.276 e. The number of benzene rings is 1. The van der Waals surface area contributed by atoms with Crippen LogP contribution in [0.25, 0.3) is 0 Å². The van der Waals surface area contributed by atoms with E-state index in [1.165, 1.54) is 30.2 Å². The third-order valence-electron chi connectivity index (χ3n) is 5.91. The molecule has 0 atom stereocenters. The number of ether oxygens (including phenoxy) is 1. The van der Waals surface area contributed by atoms with Crippen molar-refractivity contribution in [2.75, 3.05) is 25.5 Å². The highest BCUT2D eigenvalue weighted by molar-refractivity contribution is 7.15. The number of methoxy groups -OCH3 is 1. The third-order valence-corrected chi connectivity index (χ3v) is 6.97. The lowest BCUT2D eigenvalue weighted by atomic mass is 9.99. The average molecular weight is 468 g/mol. The minimum Gasteiger partial charge on any atom is -0.497 e. The van der Waals surface area contributed by atoms with Gasteiger partial charge in [0.1, 0.15) is 17.3 Å². The van der Waals surface area contributed by atoms with E-state index in [9.17, 15) is 9.59 Å². The number of thiazole rings is 1. The molecule has 0 spiro atoms. The molecule has 174 valence electrons. The average Bonchev–Trinajstić information content (AvgIpc) is 3.13. The molecule has 1 saturated heterocycles. The molecule has 0 saturated carbocycles. The van der Waals surface area contributed by atoms with Crippen molar-refractivity contribution in [3.8, 4) is 5.75 Å². The molecule has 0 bridgehead atoms. The predicted molar refractivity (Wildman–Crippen MR) is 129 cm³/mol. The molecular weight excluding hydrogens is 438 g/mol. The van der Waals surface area contributed by atoms with Crippen molar-refractivity contribution in [2.24, 2.45) is 5.92 Å². The molecule has 2 N–H and O–H groups in total. The molecule has 1 fully saturated rings. The quantitative estimate of drug-likeness (QED) is 0.551. The van der Waals surface area contributed by atoms with Crippen LogP contribution in [0.15, 0.2) is 35.1 Å². The van der Waals surface area contributed by atoms with Gasteiger partial charge in [0.25, 0.3) is 11.5 Å². The van der Waals surface area contributed by atoms with Crippen LogP contribution in [0.5, 0.6) is 5.75 Å². The number of nitrogens with one attached hydrogen (secondary N) is 2. The summed E-state index contributed by atoms with van der Waals surface area (Å²) in [5.74, 6) is 1.52. The summed E-state index contributed by atoms with van der Waals surface area (Å²) < 4.78 is 5.17. The zero-order valence-corrected chi connectivity index (χ0v) is 20.0. The molecular formula is C24H29N5O3S. The van der Waals surface area contributed by atoms with Gasteiger partial charge in [-0.1, -0.05) is 19.1 Å². The van der Waals surface area contributed by atoms with Gasteiger partial charge in [-0.05, 0) is 56.5 Å². The lowest BCUT2D eigenvalue weighted by Crippen LogP contribution is -2.32. The highest BCUT2D eigenvalue weighted by Gasteiger charge is 2.19. The van der Waals surface area contributed by atoms with E-state index in [0.717, 1.165) is 47.4 Å². The number of piperidine rings is 1. The largest absolute Gasteiger partial charge is 0.497 e. The zero-order chi connectivity index (χ0) is 23.4. The molecule has 1 aliphatic rings. The van der Waals surface area contributed by atoms with Crippen LogP contribution in [0.1, 0.15) is 52.2 Å². The van der Waals surface area contributed by atoms with E-state index in [0.29, 0.717) is 17.4 Å². The summed E-state index contributed by atoms with van der Waals surface area (Å²) in [7, 11) is 1.61. The van der Waals surface area contributed by atoms with E-state index in [2.05, 4.69) is 32.1 Å². The zero-order valence-electron chi connectivity index (χ0n) is 19.2. The summed E-state index contributed by atoms with van der Waals surface area (Å²) in [6.45, 7) is 7.30. The fourth-order valence-corrected chi connectivity index (χ4v) is 4.86. The topological polar surface area (TPSA) is 100 Å². The van der Waals surface area contributed by atoms with Gasteiger partial charge >= 0.3 is 0 Å². The van der Waals surface area contributed by atoms with Crippen LogP contribution in [-0.2, 0) is 13.0 Å². The molecule has 1 aromatic carbocycles. The molecule has 9 heteroatoms. The standard InChI is InChI=1S/C24H29N5O3S/c1-15-8-10-29(11-9-15)14-20-16(2)25-24(33-20)28-23(31)19-13-22(30)27-21(26-19)12-17-4-6-18(32-3)7-5-17/h4-7,13,15H,8-12,14H2,1-3H3,(H,25,28,31)(H,26,27,30). The number of amides is 1. The Morgan fingerprint density at radius 1 is 1.24 bits per heavy atom. The fraction of sp³-hybridized carbons (Fsp3) is 0.417. The smallest absolute Gasteiger partial charge is 0.276 e. The molecule has 1 amide bonds. The first-order valence-corrected chi connectivity index (χ1v) is 11.9. The van der Waals surface area contributed by atoms with E-state index >= 15 is 0 Å². The Balaban J connectivity index is 1.43. The van der Waals surface area contributed by atoms with Gasteiger partial charge in [-0.25, -0.2) is 9.97 Å². The van der Waals surface area contributed by atoms with Crippen molar-refractivity contribution in [3.63, 3.8) is 0 Å². The lowest BCUT2D eigenvalue weighted by molar-refractivity contribution is 0.102. The van der Waals surface area contributed by atoms with E-state index in [1.807, 2.05) is 31.2 Å². The van der Waals surface area contributed by atoms with Crippen LogP contribution in [0, 0.1) is 12.8 Å². The molecule has 4 rings (SSSR count). The van der Waals surface area contributed by atoms with Crippen LogP contribution < -0.4 is 15.6 Å². The first-order chi connectivity index (χ1) is 15.9. The van der Waals surface area contributed by atoms with Crippen LogP contribution in [0.2, 0.25) is 0 Å². The number of hydrogen-bond acceptors (Lipinski definition) is 7. The van der Waals surface area contributed by atoms with Gasteiger partial charge in [-0.2, -0.15) is 0 Å². The molecule has 2 aromatic heterocycles. The second-order valence-electron chi connectivity index (χ2n) is 8.54. The normalized spacial score (nSPS) is 14.9. The summed E-state index contributed by atoms with van der Waals surface area (Å²) in [6.07, 6.45) is 2.83. The minimum atomic E-state index is -0.441. The maximum absolute atomic E-state index is 12.8. The molecule has 0 aliphatic carbocycles. The van der Waals surface area contributed by atoms with E-state index in [1.54, 1.807) is 7.11 Å². The number of carbonyl (C=O) groups excluding carboxylic acids is 1. The molecule has 3 heterocycles. The highest BCUT2D eigenvalue weighted by atomic mass is 32.1. The Hall–Kier alpha value is -3.04. The molecule has 8 nitrogen and oxygen atoms in total. The van der Waals surface area contributed by atoms with Gasteiger partial charge in [0.2, 0.25) is 0 Å². The maximum atomic E-state index is 12.8. The van der Waals surface area contributed by atoms with Crippen molar-refractivity contribution in [3.05, 3.63) is 68.3 Å². The number of aromatic nitrogens is 3. The van der Waals surface area contributed by atoms with Crippen LogP contribution in [0.3, 0.4) is 0 Å². The number of rotatable bonds is 7. The van der Waals surface area contributed by atoms with Gasteiger partial charge in [-0.15, -0.1) is 11.3 Å². The summed E-state index contributed by atoms with van der Waals surface area (Å²) in [5.41, 5.74) is 1.58. The van der Waals surface area contributed by atoms with Gasteiger partial charge in [0, 0.05) is 23.9 Å². The van der Waals surface area contributed by atoms with Crippen molar-refractivity contribution in [1.82, 2.24) is 19.9 Å². The molecule has 0 radical (unpaired) electrons. The number of likely N-dealkylation sites (tertiary alicyclic amines) is 1. The van der Waals surface area contributed by atoms with Gasteiger partial charge < -0.3 is 9.72 Å². The van der Waals surface area contributed by atoms with Gasteiger partial charge in [0.15, 0.2) is 5.13 Å². The molecule has 3 aromatic rings. The number of hydrogen-bond donors (Lipinski definition) is 2. The number of aryl methyl sites for hydroxylation is 1. The number of nitrogens with zero attached hydrogens (tertiary/aromatic N) is 3. The van der Waals surface area contributed by atoms with Crippen molar-refractivity contribution in [1.29, 1.82) is 0 Å². The second kappa shape index (κ2) is 10.3. The second-order valence-corrected chi connectivity index (χ2v) is 9.63. The Labute approximate surface area is 197 Å². The third kappa shape index (κ3) is 6.06. The first-order valence-electron chi connectivity index (χ1n) is 11.1. The number of carbonyl (C=O) groups is 1. The van der Waals surface area contributed by atoms with E-state index in [-0.39, 0.29) is 11.3 Å². The summed E-state index contributed by atoms with van der Waals surface area (Å²) in [4.78, 5) is 40.1. The van der Waals surface area contributed by atoms with Gasteiger partial charge in [-0.3, -0.25) is 19.8 Å². The Bertz CT molecular complexity index is 1160. The molecule has 1 aliphatic heterocycles. The fourth-order valence-electron chi connectivity index (χ4n) is 3.86. The summed E-state index contributed by atoms with van der Waals surface area (Å²) >= 11 is 1.48. The lowest BCUT2D eigenvalue weighted by Gasteiger charge is -2.29. The minimum absolute atomic E-state index is 0.0710. The summed E-state index contributed by atoms with van der Waals surface area (Å²) in [5, 5.41) is 3.34. The number of aromatic amines is 1.